The van der Waals surface area contributed by atoms with Crippen molar-refractivity contribution in [3.05, 3.63) is 71.0 Å². The fourth-order valence-electron chi connectivity index (χ4n) is 1.48. The zero-order valence-corrected chi connectivity index (χ0v) is 9.63. The third-order valence-electron chi connectivity index (χ3n) is 2.45. The fraction of sp³-hybridized carbons (Fsp3) is 0.125. The molecule has 0 aliphatic carbocycles. The van der Waals surface area contributed by atoms with Crippen molar-refractivity contribution in [3.63, 3.8) is 0 Å². The Labute approximate surface area is 101 Å². The third-order valence-corrected chi connectivity index (χ3v) is 2.45. The summed E-state index contributed by atoms with van der Waals surface area (Å²) in [4.78, 5) is 0. The molecule has 0 heterocycles. The first-order chi connectivity index (χ1) is 8.28. The van der Waals surface area contributed by atoms with Gasteiger partial charge in [0.15, 0.2) is 0 Å². The van der Waals surface area contributed by atoms with Crippen molar-refractivity contribution >= 4 is 0 Å². The largest absolute Gasteiger partial charge is 0.207 e. The summed E-state index contributed by atoms with van der Waals surface area (Å²) in [5, 5.41) is 0. The van der Waals surface area contributed by atoms with Crippen molar-refractivity contribution in [1.29, 1.82) is 0 Å². The first kappa shape index (κ1) is 11.4. The Kier molecular flexibility index (Phi) is 3.57. The molecule has 0 saturated heterocycles. The average Bonchev–Trinajstić information content (AvgIpc) is 2.38. The van der Waals surface area contributed by atoms with Gasteiger partial charge in [-0.05, 0) is 54.4 Å². The lowest BCUT2D eigenvalue weighted by Crippen LogP contribution is -1.82. The number of rotatable bonds is 1. The quantitative estimate of drug-likeness (QED) is 0.648. The van der Waals surface area contributed by atoms with Crippen molar-refractivity contribution in [1.82, 2.24) is 0 Å². The SMILES string of the molecule is CCc1c[c]cc(C#Cc2ccc(F)cc2)c1. The molecule has 0 amide bonds. The molecule has 83 valence electrons. The zero-order chi connectivity index (χ0) is 12.1. The van der Waals surface area contributed by atoms with Crippen LogP contribution in [0.15, 0.2) is 42.5 Å². The number of benzene rings is 2. The molecule has 0 aliphatic heterocycles. The van der Waals surface area contributed by atoms with Crippen LogP contribution in [-0.2, 0) is 6.42 Å². The second-order valence-electron chi connectivity index (χ2n) is 3.74. The van der Waals surface area contributed by atoms with E-state index in [2.05, 4.69) is 24.8 Å². The standard InChI is InChI=1S/C16H12F/c1-2-13-4-3-5-15(12-13)7-6-14-8-10-16(17)11-9-14/h4-5,8-12H,2H2,1H3. The van der Waals surface area contributed by atoms with E-state index in [1.165, 1.54) is 17.7 Å². The van der Waals surface area contributed by atoms with Crippen LogP contribution in [0.2, 0.25) is 0 Å². The van der Waals surface area contributed by atoms with Crippen LogP contribution in [0, 0.1) is 23.7 Å². The van der Waals surface area contributed by atoms with Gasteiger partial charge in [-0.25, -0.2) is 4.39 Å². The summed E-state index contributed by atoms with van der Waals surface area (Å²) < 4.78 is 12.7. The van der Waals surface area contributed by atoms with Crippen LogP contribution in [0.25, 0.3) is 0 Å². The maximum Gasteiger partial charge on any atom is 0.123 e. The Morgan fingerprint density at radius 3 is 2.47 bits per heavy atom. The normalized spacial score (nSPS) is 9.53. The van der Waals surface area contributed by atoms with Gasteiger partial charge in [0.25, 0.3) is 0 Å². The molecule has 0 unspecified atom stereocenters. The Morgan fingerprint density at radius 1 is 1.06 bits per heavy atom. The van der Waals surface area contributed by atoms with E-state index in [0.717, 1.165) is 17.5 Å². The molecule has 2 aromatic carbocycles. The van der Waals surface area contributed by atoms with Crippen LogP contribution in [0.4, 0.5) is 4.39 Å². The van der Waals surface area contributed by atoms with Crippen LogP contribution in [-0.4, -0.2) is 0 Å². The molecule has 0 aliphatic rings. The molecular formula is C16H12F. The van der Waals surface area contributed by atoms with Crippen molar-refractivity contribution in [2.24, 2.45) is 0 Å². The van der Waals surface area contributed by atoms with Gasteiger partial charge in [-0.3, -0.25) is 0 Å². The molecule has 0 bridgehead atoms. The number of aryl methyl sites for hydroxylation is 1. The first-order valence-corrected chi connectivity index (χ1v) is 5.55. The fourth-order valence-corrected chi connectivity index (χ4v) is 1.48. The summed E-state index contributed by atoms with van der Waals surface area (Å²) in [7, 11) is 0. The van der Waals surface area contributed by atoms with E-state index in [-0.39, 0.29) is 5.82 Å². The van der Waals surface area contributed by atoms with Gasteiger partial charge in [0.05, 0.1) is 0 Å². The molecule has 1 heteroatoms. The highest BCUT2D eigenvalue weighted by Gasteiger charge is 1.91. The summed E-state index contributed by atoms with van der Waals surface area (Å²) >= 11 is 0. The van der Waals surface area contributed by atoms with Gasteiger partial charge in [0, 0.05) is 11.1 Å². The molecule has 0 nitrogen and oxygen atoms in total. The number of hydrogen-bond donors (Lipinski definition) is 0. The molecule has 2 aromatic rings. The predicted octanol–water partition coefficient (Wildman–Crippen LogP) is 3.59. The molecule has 1 radical (unpaired) electrons. The van der Waals surface area contributed by atoms with E-state index in [4.69, 9.17) is 0 Å². The molecule has 0 saturated carbocycles. The molecular weight excluding hydrogens is 211 g/mol. The summed E-state index contributed by atoms with van der Waals surface area (Å²) in [6, 6.07) is 15.1. The maximum atomic E-state index is 12.7. The van der Waals surface area contributed by atoms with Gasteiger partial charge in [-0.2, -0.15) is 0 Å². The van der Waals surface area contributed by atoms with Gasteiger partial charge >= 0.3 is 0 Å². The van der Waals surface area contributed by atoms with Crippen LogP contribution >= 0.6 is 0 Å². The monoisotopic (exact) mass is 223 g/mol. The summed E-state index contributed by atoms with van der Waals surface area (Å²) in [6.45, 7) is 2.10. The van der Waals surface area contributed by atoms with E-state index in [0.29, 0.717) is 0 Å². The number of hydrogen-bond acceptors (Lipinski definition) is 0. The van der Waals surface area contributed by atoms with Crippen molar-refractivity contribution in [3.8, 4) is 11.8 Å². The van der Waals surface area contributed by atoms with Gasteiger partial charge < -0.3 is 0 Å². The molecule has 0 N–H and O–H groups in total. The highest BCUT2D eigenvalue weighted by Crippen LogP contribution is 2.05. The minimum Gasteiger partial charge on any atom is -0.207 e. The summed E-state index contributed by atoms with van der Waals surface area (Å²) in [5.74, 6) is 5.82. The molecule has 2 rings (SSSR count). The van der Waals surface area contributed by atoms with E-state index in [1.807, 2.05) is 18.2 Å². The maximum absolute atomic E-state index is 12.7. The Morgan fingerprint density at radius 2 is 1.76 bits per heavy atom. The highest BCUT2D eigenvalue weighted by molar-refractivity contribution is 5.43. The van der Waals surface area contributed by atoms with Crippen LogP contribution in [0.5, 0.6) is 0 Å². The van der Waals surface area contributed by atoms with Gasteiger partial charge in [-0.15, -0.1) is 0 Å². The van der Waals surface area contributed by atoms with E-state index in [9.17, 15) is 4.39 Å². The predicted molar refractivity (Wildman–Crippen MR) is 67.0 cm³/mol. The van der Waals surface area contributed by atoms with Crippen LogP contribution < -0.4 is 0 Å². The zero-order valence-electron chi connectivity index (χ0n) is 9.63. The van der Waals surface area contributed by atoms with E-state index >= 15 is 0 Å². The molecule has 0 aromatic heterocycles. The van der Waals surface area contributed by atoms with Gasteiger partial charge in [0.1, 0.15) is 5.82 Å². The second kappa shape index (κ2) is 5.32. The summed E-state index contributed by atoms with van der Waals surface area (Å²) in [6.07, 6.45) is 0.975. The minimum atomic E-state index is -0.239. The average molecular weight is 223 g/mol. The lowest BCUT2D eigenvalue weighted by Gasteiger charge is -1.95. The van der Waals surface area contributed by atoms with Gasteiger partial charge in [0.2, 0.25) is 0 Å². The lowest BCUT2D eigenvalue weighted by atomic mass is 10.1. The topological polar surface area (TPSA) is 0 Å². The van der Waals surface area contributed by atoms with Crippen molar-refractivity contribution in [2.75, 3.05) is 0 Å². The first-order valence-electron chi connectivity index (χ1n) is 5.55. The molecule has 17 heavy (non-hydrogen) atoms. The van der Waals surface area contributed by atoms with E-state index in [1.54, 1.807) is 12.1 Å². The lowest BCUT2D eigenvalue weighted by molar-refractivity contribution is 0.627. The van der Waals surface area contributed by atoms with Crippen LogP contribution in [0.3, 0.4) is 0 Å². The van der Waals surface area contributed by atoms with Crippen molar-refractivity contribution < 1.29 is 4.39 Å². The Hall–Kier alpha value is -2.07. The smallest absolute Gasteiger partial charge is 0.123 e. The minimum absolute atomic E-state index is 0.239. The van der Waals surface area contributed by atoms with Gasteiger partial charge in [-0.1, -0.05) is 24.8 Å². The summed E-state index contributed by atoms with van der Waals surface area (Å²) in [5.41, 5.74) is 2.97. The van der Waals surface area contributed by atoms with E-state index < -0.39 is 0 Å². The highest BCUT2D eigenvalue weighted by atomic mass is 19.1. The molecule has 0 atom stereocenters. The molecule has 0 spiro atoms. The molecule has 0 fully saturated rings. The van der Waals surface area contributed by atoms with Crippen molar-refractivity contribution in [2.45, 2.75) is 13.3 Å². The Balaban J connectivity index is 2.23. The second-order valence-corrected chi connectivity index (χ2v) is 3.74. The van der Waals surface area contributed by atoms with Crippen LogP contribution in [0.1, 0.15) is 23.6 Å². The third kappa shape index (κ3) is 3.19. The Bertz CT molecular complexity index is 556. The number of halogens is 1.